The molecule has 0 spiro atoms. The lowest BCUT2D eigenvalue weighted by Crippen LogP contribution is -2.68. The number of esters is 1. The molecule has 35 atom stereocenters. The highest BCUT2D eigenvalue weighted by molar-refractivity contribution is 6.39. The van der Waals surface area contributed by atoms with Gasteiger partial charge in [-0.3, -0.25) is 4.79 Å². The standard InChI is InChI=1S/C56H79Cl2NO36/c57-17-5-3-6-18(58)28(17)59-19-7-2-1-4-16(19)8-27(66)81-15-26-49-35(73)42(80)56(88-26)94-48-25(14-65)86-54(40(78)33(48)71)92-46-23(12-63)84-52(38(76)31(46)69)90-44-21(10-61)82-50(36(74)29(44)67)89-43-20(9-60)83-51(37(75)30(43)68)91-45-22(11-62)85-53(39(77)32(45)70)93-47-24(13-64)87-55(95-49)41(79)34(47)72/h1-7,20-26,29-56,59-65,67-80H,8-15H2/t20-,21-,22-,23-,24-,25-,26-,29-,30-,31-,32-,33-,34-,35-,36-,37-,38-,39-,40-,41-,42-,43-,44-,45-,46-,47-,48-,49-,50-,51-,52-,53-,54-,55-,56-/m1/s1. The van der Waals surface area contributed by atoms with Crippen LogP contribution in [0.15, 0.2) is 42.5 Å². The fourth-order valence-corrected chi connectivity index (χ4v) is 12.8. The van der Waals surface area contributed by atoms with Crippen LogP contribution in [0.5, 0.6) is 0 Å². The Morgan fingerprint density at radius 2 is 0.579 bits per heavy atom. The summed E-state index contributed by atoms with van der Waals surface area (Å²) in [4.78, 5) is 13.8. The van der Waals surface area contributed by atoms with E-state index in [1.165, 1.54) is 0 Å². The van der Waals surface area contributed by atoms with Gasteiger partial charge >= 0.3 is 5.97 Å². The Morgan fingerprint density at radius 3 is 0.842 bits per heavy atom. The first kappa shape index (κ1) is 74.6. The third-order valence-electron chi connectivity index (χ3n) is 17.6. The van der Waals surface area contributed by atoms with Gasteiger partial charge in [-0.2, -0.15) is 0 Å². The van der Waals surface area contributed by atoms with E-state index in [0.29, 0.717) is 16.9 Å². The molecule has 21 aliphatic heterocycles. The summed E-state index contributed by atoms with van der Waals surface area (Å²) in [5.41, 5.74) is 0.989. The van der Waals surface area contributed by atoms with Crippen molar-refractivity contribution in [2.24, 2.45) is 0 Å². The van der Waals surface area contributed by atoms with Gasteiger partial charge in [-0.05, 0) is 23.8 Å². The summed E-state index contributed by atoms with van der Waals surface area (Å²) in [6, 6.07) is 11.2. The molecule has 21 saturated heterocycles. The second-order valence-corrected chi connectivity index (χ2v) is 24.5. The minimum Gasteiger partial charge on any atom is -0.463 e. The molecule has 23 rings (SSSR count). The van der Waals surface area contributed by atoms with Crippen LogP contribution in [0, 0.1) is 0 Å². The molecule has 0 radical (unpaired) electrons. The average molecular weight is 1410 g/mol. The van der Waals surface area contributed by atoms with E-state index in [0.717, 1.165) is 0 Å². The van der Waals surface area contributed by atoms with Crippen LogP contribution < -0.4 is 5.32 Å². The molecular weight excluding hydrogens is 1330 g/mol. The molecule has 2 aromatic rings. The highest BCUT2D eigenvalue weighted by Gasteiger charge is 2.60. The average Bonchev–Trinajstić information content (AvgIpc) is 0.814. The van der Waals surface area contributed by atoms with Crippen molar-refractivity contribution < 1.29 is 178 Å². The van der Waals surface area contributed by atoms with E-state index in [2.05, 4.69) is 5.32 Å². The third-order valence-corrected chi connectivity index (χ3v) is 18.2. The maximum atomic E-state index is 13.8. The van der Waals surface area contributed by atoms with Crippen LogP contribution in [-0.4, -0.2) is 369 Å². The van der Waals surface area contributed by atoms with E-state index < -0.39 is 274 Å². The molecule has 538 valence electrons. The molecule has 0 unspecified atom stereocenters. The molecule has 21 fully saturated rings. The Hall–Kier alpha value is -3.07. The van der Waals surface area contributed by atoms with Crippen LogP contribution >= 0.6 is 23.2 Å². The number of para-hydroxylation sites is 2. The van der Waals surface area contributed by atoms with Gasteiger partial charge in [0.15, 0.2) is 44.0 Å². The number of aliphatic hydroxyl groups excluding tert-OH is 20. The van der Waals surface area contributed by atoms with Crippen molar-refractivity contribution >= 4 is 40.5 Å². The lowest BCUT2D eigenvalue weighted by atomic mass is 9.95. The number of carbonyl (C=O) groups excluding carboxylic acids is 1. The normalized spacial score (nSPS) is 46.9. The van der Waals surface area contributed by atoms with Crippen molar-refractivity contribution in [1.29, 1.82) is 0 Å². The second-order valence-electron chi connectivity index (χ2n) is 23.7. The lowest BCUT2D eigenvalue weighted by molar-refractivity contribution is -0.396. The molecule has 39 heteroatoms. The van der Waals surface area contributed by atoms with E-state index in [-0.39, 0.29) is 10.0 Å². The smallest absolute Gasteiger partial charge is 0.310 e. The van der Waals surface area contributed by atoms with Crippen molar-refractivity contribution in [3.05, 3.63) is 58.1 Å². The van der Waals surface area contributed by atoms with Crippen molar-refractivity contribution in [3.8, 4) is 0 Å². The number of aliphatic hydroxyl groups is 20. The van der Waals surface area contributed by atoms with Crippen molar-refractivity contribution in [1.82, 2.24) is 0 Å². The molecule has 21 heterocycles. The van der Waals surface area contributed by atoms with Crippen molar-refractivity contribution in [2.45, 2.75) is 221 Å². The van der Waals surface area contributed by atoms with Gasteiger partial charge in [-0.15, -0.1) is 0 Å². The summed E-state index contributed by atoms with van der Waals surface area (Å²) < 4.78 is 87.0. The zero-order valence-corrected chi connectivity index (χ0v) is 51.1. The van der Waals surface area contributed by atoms with E-state index in [1.807, 2.05) is 0 Å². The topological polar surface area (TPSA) is 572 Å². The van der Waals surface area contributed by atoms with E-state index in [9.17, 15) is 107 Å². The Labute approximate surface area is 547 Å². The Bertz CT molecular complexity index is 2760. The number of halogens is 2. The number of carbonyl (C=O) groups is 1. The van der Waals surface area contributed by atoms with Crippen molar-refractivity contribution in [2.75, 3.05) is 51.6 Å². The quantitative estimate of drug-likeness (QED) is 0.0878. The molecule has 2 aromatic carbocycles. The summed E-state index contributed by atoms with van der Waals surface area (Å²) in [6.07, 6.45) is -73.0. The van der Waals surface area contributed by atoms with Gasteiger partial charge in [0, 0.05) is 5.69 Å². The van der Waals surface area contributed by atoms with Crippen LogP contribution in [0.1, 0.15) is 5.56 Å². The zero-order valence-electron chi connectivity index (χ0n) is 49.6. The van der Waals surface area contributed by atoms with Crippen LogP contribution in [0.2, 0.25) is 10.0 Å². The fraction of sp³-hybridized carbons (Fsp3) is 0.768. The molecule has 0 saturated carbocycles. The predicted octanol–water partition coefficient (Wildman–Crippen LogP) is -10.4. The second kappa shape index (κ2) is 32.3. The maximum absolute atomic E-state index is 13.8. The number of ether oxygens (including phenoxy) is 15. The zero-order chi connectivity index (χ0) is 68.6. The summed E-state index contributed by atoms with van der Waals surface area (Å²) in [5.74, 6) is -0.973. The monoisotopic (exact) mass is 1410 g/mol. The van der Waals surface area contributed by atoms with Crippen molar-refractivity contribution in [3.63, 3.8) is 0 Å². The number of hydrogen-bond donors (Lipinski definition) is 21. The molecule has 14 bridgehead atoms. The minimum absolute atomic E-state index is 0.236. The summed E-state index contributed by atoms with van der Waals surface area (Å²) in [5, 5.41) is 229. The Morgan fingerprint density at radius 1 is 0.337 bits per heavy atom. The van der Waals surface area contributed by atoms with Gasteiger partial charge in [0.1, 0.15) is 178 Å². The molecule has 95 heavy (non-hydrogen) atoms. The highest BCUT2D eigenvalue weighted by atomic mass is 35.5. The number of benzene rings is 2. The molecule has 0 aromatic heterocycles. The summed E-state index contributed by atoms with van der Waals surface area (Å²) >= 11 is 12.8. The van der Waals surface area contributed by atoms with Crippen LogP contribution in [-0.2, 0) is 82.3 Å². The third kappa shape index (κ3) is 15.6. The first-order valence-electron chi connectivity index (χ1n) is 30.2. The molecule has 21 aliphatic rings. The van der Waals surface area contributed by atoms with E-state index >= 15 is 0 Å². The lowest BCUT2D eigenvalue weighted by Gasteiger charge is -2.50. The minimum atomic E-state index is -2.32. The van der Waals surface area contributed by atoms with Crippen LogP contribution in [0.4, 0.5) is 11.4 Å². The maximum Gasteiger partial charge on any atom is 0.310 e. The highest BCUT2D eigenvalue weighted by Crippen LogP contribution is 2.40. The first-order valence-corrected chi connectivity index (χ1v) is 30.9. The van der Waals surface area contributed by atoms with Gasteiger partial charge in [0.05, 0.1) is 61.8 Å². The van der Waals surface area contributed by atoms with Gasteiger partial charge in [0.2, 0.25) is 0 Å². The fourth-order valence-electron chi connectivity index (χ4n) is 12.3. The number of anilines is 2. The SMILES string of the molecule is O=C(Cc1ccccc1Nc1c(Cl)cccc1Cl)OC[C@H]1O[C@@H]2O[C@H]3[C@H](O)[C@@H](O)[C@@H](O[C@H]4[C@H](O)[C@@H](O)[C@@H](O[C@H]5[C@H](O)[C@@H](O)[C@@H](O[C@H]6[C@H](O)[C@@H](O)[C@@H](O[C@H]7[C@H](O)[C@@H](O)[C@@H](O[C@H]8[C@H](O)[C@@H](O)[C@@H](O[C@H]1[C@H](O)[C@H]2O)O[C@@H]8CO)O[C@@H]7CO)O[C@@H]6CO)O[C@@H]5CO)O[C@@H]4CO)O[C@@H]3CO. The molecule has 0 amide bonds. The predicted molar refractivity (Wildman–Crippen MR) is 302 cm³/mol. The van der Waals surface area contributed by atoms with Crippen LogP contribution in [0.3, 0.4) is 0 Å². The number of rotatable bonds is 12. The summed E-state index contributed by atoms with van der Waals surface area (Å²) in [6.45, 7) is -7.44. The molecule has 21 N–H and O–H groups in total. The van der Waals surface area contributed by atoms with Gasteiger partial charge in [0.25, 0.3) is 0 Å². The van der Waals surface area contributed by atoms with E-state index in [4.69, 9.17) is 94.3 Å². The van der Waals surface area contributed by atoms with Gasteiger partial charge in [-0.1, -0.05) is 47.5 Å². The molecule has 0 aliphatic carbocycles. The van der Waals surface area contributed by atoms with E-state index in [1.54, 1.807) is 42.5 Å². The Kier molecular flexibility index (Phi) is 25.4. The largest absolute Gasteiger partial charge is 0.463 e. The molecule has 37 nitrogen and oxygen atoms in total. The number of hydrogen-bond acceptors (Lipinski definition) is 37. The van der Waals surface area contributed by atoms with Crippen LogP contribution in [0.25, 0.3) is 0 Å². The number of nitrogens with one attached hydrogen (secondary N) is 1. The van der Waals surface area contributed by atoms with Gasteiger partial charge in [-0.25, -0.2) is 0 Å². The summed E-state index contributed by atoms with van der Waals surface area (Å²) in [7, 11) is 0. The Balaban J connectivity index is 0.941. The first-order chi connectivity index (χ1) is 45.4. The molecular formula is C56H79Cl2NO36. The van der Waals surface area contributed by atoms with Gasteiger partial charge < -0.3 is 179 Å².